The van der Waals surface area contributed by atoms with Crippen molar-refractivity contribution in [3.05, 3.63) is 29.6 Å². The minimum Gasteiger partial charge on any atom is -0.477 e. The van der Waals surface area contributed by atoms with Crippen molar-refractivity contribution in [3.63, 3.8) is 0 Å². The van der Waals surface area contributed by atoms with E-state index in [1.165, 1.54) is 0 Å². The van der Waals surface area contributed by atoms with Crippen LogP contribution in [-0.2, 0) is 6.42 Å². The van der Waals surface area contributed by atoms with Gasteiger partial charge in [-0.15, -0.1) is 0 Å². The number of aromatic nitrogens is 1. The second-order valence-electron chi connectivity index (χ2n) is 4.92. The standard InChI is InChI=1S/C12H17NO2/c1-12(2,3)7-6-9-4-5-10(11(14)15)13-8-9/h4-5,8H,6-7H2,1-3H3,(H,14,15). The summed E-state index contributed by atoms with van der Waals surface area (Å²) in [6.07, 6.45) is 3.66. The Morgan fingerprint density at radius 1 is 1.40 bits per heavy atom. The lowest BCUT2D eigenvalue weighted by molar-refractivity contribution is 0.0690. The number of hydrogen-bond donors (Lipinski definition) is 1. The minimum atomic E-state index is -0.975. The van der Waals surface area contributed by atoms with E-state index in [9.17, 15) is 4.79 Å². The Labute approximate surface area is 90.2 Å². The second-order valence-corrected chi connectivity index (χ2v) is 4.92. The molecule has 0 amide bonds. The molecule has 0 atom stereocenters. The molecule has 0 radical (unpaired) electrons. The molecule has 0 saturated heterocycles. The molecule has 0 saturated carbocycles. The molecule has 0 aromatic carbocycles. The lowest BCUT2D eigenvalue weighted by atomic mass is 9.89. The van der Waals surface area contributed by atoms with Crippen LogP contribution in [0, 0.1) is 5.41 Å². The third kappa shape index (κ3) is 4.11. The van der Waals surface area contributed by atoms with Gasteiger partial charge in [0.05, 0.1) is 0 Å². The van der Waals surface area contributed by atoms with Crippen LogP contribution >= 0.6 is 0 Å². The Hall–Kier alpha value is -1.38. The number of aryl methyl sites for hydroxylation is 1. The molecule has 1 aromatic heterocycles. The van der Waals surface area contributed by atoms with Crippen molar-refractivity contribution in [2.75, 3.05) is 0 Å². The molecule has 0 unspecified atom stereocenters. The zero-order valence-corrected chi connectivity index (χ0v) is 9.45. The van der Waals surface area contributed by atoms with Gasteiger partial charge in [0.1, 0.15) is 5.69 Å². The van der Waals surface area contributed by atoms with E-state index in [2.05, 4.69) is 25.8 Å². The molecule has 0 aliphatic carbocycles. The Bertz CT molecular complexity index is 336. The van der Waals surface area contributed by atoms with Crippen LogP contribution in [0.5, 0.6) is 0 Å². The van der Waals surface area contributed by atoms with Gasteiger partial charge in [0, 0.05) is 6.20 Å². The number of nitrogens with zero attached hydrogens (tertiary/aromatic N) is 1. The molecule has 1 aromatic rings. The number of rotatable bonds is 3. The van der Waals surface area contributed by atoms with Crippen LogP contribution < -0.4 is 0 Å². The first-order valence-corrected chi connectivity index (χ1v) is 5.07. The van der Waals surface area contributed by atoms with Gasteiger partial charge in [-0.05, 0) is 29.9 Å². The van der Waals surface area contributed by atoms with Gasteiger partial charge < -0.3 is 5.11 Å². The number of carbonyl (C=O) groups is 1. The highest BCUT2D eigenvalue weighted by atomic mass is 16.4. The van der Waals surface area contributed by atoms with Gasteiger partial charge in [0.15, 0.2) is 0 Å². The van der Waals surface area contributed by atoms with E-state index in [0.29, 0.717) is 5.41 Å². The van der Waals surface area contributed by atoms with E-state index in [1.54, 1.807) is 12.3 Å². The van der Waals surface area contributed by atoms with Gasteiger partial charge in [0.25, 0.3) is 0 Å². The molecule has 0 aliphatic heterocycles. The molecule has 0 bridgehead atoms. The van der Waals surface area contributed by atoms with Gasteiger partial charge in [0.2, 0.25) is 0 Å². The summed E-state index contributed by atoms with van der Waals surface area (Å²) in [6.45, 7) is 6.56. The summed E-state index contributed by atoms with van der Waals surface area (Å²) in [6, 6.07) is 3.39. The summed E-state index contributed by atoms with van der Waals surface area (Å²) in [5.74, 6) is -0.975. The highest BCUT2D eigenvalue weighted by molar-refractivity contribution is 5.85. The predicted molar refractivity (Wildman–Crippen MR) is 59.0 cm³/mol. The van der Waals surface area contributed by atoms with Gasteiger partial charge in [-0.3, -0.25) is 0 Å². The third-order valence-corrected chi connectivity index (χ3v) is 2.21. The summed E-state index contributed by atoms with van der Waals surface area (Å²) in [7, 11) is 0. The highest BCUT2D eigenvalue weighted by Crippen LogP contribution is 2.21. The molecule has 1 N–H and O–H groups in total. The normalized spacial score (nSPS) is 11.4. The van der Waals surface area contributed by atoms with Gasteiger partial charge in [-0.1, -0.05) is 26.8 Å². The molecular weight excluding hydrogens is 190 g/mol. The van der Waals surface area contributed by atoms with E-state index in [1.807, 2.05) is 6.07 Å². The molecule has 3 heteroatoms. The molecule has 1 heterocycles. The average molecular weight is 207 g/mol. The summed E-state index contributed by atoms with van der Waals surface area (Å²) in [5.41, 5.74) is 1.50. The van der Waals surface area contributed by atoms with E-state index in [4.69, 9.17) is 5.11 Å². The van der Waals surface area contributed by atoms with Crippen LogP contribution in [0.15, 0.2) is 18.3 Å². The average Bonchev–Trinajstić information content (AvgIpc) is 2.14. The Morgan fingerprint density at radius 3 is 2.47 bits per heavy atom. The van der Waals surface area contributed by atoms with Crippen molar-refractivity contribution in [2.45, 2.75) is 33.6 Å². The van der Waals surface area contributed by atoms with E-state index in [0.717, 1.165) is 18.4 Å². The first kappa shape index (κ1) is 11.7. The number of carboxylic acids is 1. The maximum atomic E-state index is 10.6. The molecule has 3 nitrogen and oxygen atoms in total. The van der Waals surface area contributed by atoms with Gasteiger partial charge in [-0.2, -0.15) is 0 Å². The molecular formula is C12H17NO2. The van der Waals surface area contributed by atoms with Crippen molar-refractivity contribution in [2.24, 2.45) is 5.41 Å². The van der Waals surface area contributed by atoms with Crippen molar-refractivity contribution in [1.82, 2.24) is 4.98 Å². The Morgan fingerprint density at radius 2 is 2.07 bits per heavy atom. The summed E-state index contributed by atoms with van der Waals surface area (Å²) < 4.78 is 0. The molecule has 0 aliphatic rings. The monoisotopic (exact) mass is 207 g/mol. The van der Waals surface area contributed by atoms with Gasteiger partial charge in [-0.25, -0.2) is 9.78 Å². The summed E-state index contributed by atoms with van der Waals surface area (Å²) in [4.78, 5) is 14.4. The number of carboxylic acid groups (broad SMARTS) is 1. The highest BCUT2D eigenvalue weighted by Gasteiger charge is 2.10. The summed E-state index contributed by atoms with van der Waals surface area (Å²) >= 11 is 0. The maximum Gasteiger partial charge on any atom is 0.354 e. The van der Waals surface area contributed by atoms with Crippen molar-refractivity contribution in [3.8, 4) is 0 Å². The molecule has 0 fully saturated rings. The van der Waals surface area contributed by atoms with Crippen LogP contribution in [0.4, 0.5) is 0 Å². The molecule has 82 valence electrons. The van der Waals surface area contributed by atoms with Gasteiger partial charge >= 0.3 is 5.97 Å². The Balaban J connectivity index is 2.61. The van der Waals surface area contributed by atoms with E-state index < -0.39 is 5.97 Å². The first-order chi connectivity index (χ1) is 6.88. The number of hydrogen-bond acceptors (Lipinski definition) is 2. The van der Waals surface area contributed by atoms with Crippen LogP contribution in [-0.4, -0.2) is 16.1 Å². The topological polar surface area (TPSA) is 50.2 Å². The quantitative estimate of drug-likeness (QED) is 0.829. The van der Waals surface area contributed by atoms with Crippen LogP contribution in [0.25, 0.3) is 0 Å². The van der Waals surface area contributed by atoms with Crippen LogP contribution in [0.2, 0.25) is 0 Å². The van der Waals surface area contributed by atoms with Crippen molar-refractivity contribution >= 4 is 5.97 Å². The number of aromatic carboxylic acids is 1. The fourth-order valence-electron chi connectivity index (χ4n) is 1.22. The zero-order chi connectivity index (χ0) is 11.5. The largest absolute Gasteiger partial charge is 0.477 e. The fourth-order valence-corrected chi connectivity index (χ4v) is 1.22. The zero-order valence-electron chi connectivity index (χ0n) is 9.45. The smallest absolute Gasteiger partial charge is 0.354 e. The predicted octanol–water partition coefficient (Wildman–Crippen LogP) is 2.76. The van der Waals surface area contributed by atoms with Crippen molar-refractivity contribution < 1.29 is 9.90 Å². The third-order valence-electron chi connectivity index (χ3n) is 2.21. The molecule has 1 rings (SSSR count). The van der Waals surface area contributed by atoms with Crippen molar-refractivity contribution in [1.29, 1.82) is 0 Å². The molecule has 15 heavy (non-hydrogen) atoms. The Kier molecular flexibility index (Phi) is 3.45. The van der Waals surface area contributed by atoms with Crippen LogP contribution in [0.3, 0.4) is 0 Å². The van der Waals surface area contributed by atoms with E-state index in [-0.39, 0.29) is 5.69 Å². The number of pyridine rings is 1. The maximum absolute atomic E-state index is 10.6. The van der Waals surface area contributed by atoms with Crippen LogP contribution in [0.1, 0.15) is 43.2 Å². The first-order valence-electron chi connectivity index (χ1n) is 5.07. The van der Waals surface area contributed by atoms with E-state index >= 15 is 0 Å². The molecule has 0 spiro atoms. The lowest BCUT2D eigenvalue weighted by Gasteiger charge is -2.17. The SMILES string of the molecule is CC(C)(C)CCc1ccc(C(=O)O)nc1. The fraction of sp³-hybridized carbons (Fsp3) is 0.500. The second kappa shape index (κ2) is 4.43. The summed E-state index contributed by atoms with van der Waals surface area (Å²) in [5, 5.41) is 8.67. The minimum absolute atomic E-state index is 0.106. The lowest BCUT2D eigenvalue weighted by Crippen LogP contribution is -2.07.